The Bertz CT molecular complexity index is 797. The third-order valence-corrected chi connectivity index (χ3v) is 6.28. The second-order valence-electron chi connectivity index (χ2n) is 6.89. The molecule has 0 atom stereocenters. The van der Waals surface area contributed by atoms with E-state index < -0.39 is 0 Å². The number of halogens is 2. The third kappa shape index (κ3) is 9.69. The zero-order valence-electron chi connectivity index (χ0n) is 18.2. The van der Waals surface area contributed by atoms with E-state index in [9.17, 15) is 0 Å². The maximum absolute atomic E-state index is 3.19. The summed E-state index contributed by atoms with van der Waals surface area (Å²) >= 11 is 1.46. The van der Waals surface area contributed by atoms with Crippen molar-refractivity contribution in [1.29, 1.82) is 0 Å². The van der Waals surface area contributed by atoms with Crippen LogP contribution in [-0.2, 0) is 24.2 Å². The Morgan fingerprint density at radius 2 is 0.967 bits per heavy atom. The Hall–Kier alpha value is -1.27. The molecule has 0 saturated heterocycles. The fourth-order valence-corrected chi connectivity index (χ4v) is 3.50. The van der Waals surface area contributed by atoms with Crippen molar-refractivity contribution in [2.75, 3.05) is 0 Å². The van der Waals surface area contributed by atoms with Gasteiger partial charge in [-0.1, -0.05) is 13.8 Å². The van der Waals surface area contributed by atoms with Crippen molar-refractivity contribution >= 4 is 28.0 Å². The van der Waals surface area contributed by atoms with E-state index in [0.717, 1.165) is 12.8 Å². The normalized spacial score (nSPS) is 13.5. The molecule has 0 saturated carbocycles. The zero-order valence-corrected chi connectivity index (χ0v) is 22.2. The second kappa shape index (κ2) is 15.5. The van der Waals surface area contributed by atoms with E-state index in [1.807, 2.05) is 0 Å². The van der Waals surface area contributed by atoms with E-state index >= 15 is 0 Å². The van der Waals surface area contributed by atoms with Crippen molar-refractivity contribution in [3.05, 3.63) is 118 Å². The Kier molecular flexibility index (Phi) is 14.9. The number of rotatable bonds is 2. The van der Waals surface area contributed by atoms with Gasteiger partial charge in [0.05, 0.1) is 0 Å². The number of hydrogen-bond donors (Lipinski definition) is 0. The molecule has 3 heteroatoms. The van der Waals surface area contributed by atoms with E-state index in [4.69, 9.17) is 0 Å². The standard InChI is InChI=1S/C13H10.2C7H9.2ClH.Zr/c1-3-7-12(8-4-1)11-13-9-5-2-6-10-13;2*1-6-4-3-5-7(6)2;;;/h1-10H;2*4H,3H2,1-2H3;2*1H;/q;2*-1;;;+2. The molecule has 0 aromatic heterocycles. The molecule has 0 fully saturated rings. The van der Waals surface area contributed by atoms with E-state index in [-0.39, 0.29) is 24.8 Å². The molecule has 0 aliphatic heterocycles. The van der Waals surface area contributed by atoms with Gasteiger partial charge in [0, 0.05) is 0 Å². The summed E-state index contributed by atoms with van der Waals surface area (Å²) in [6.45, 7) is 8.43. The van der Waals surface area contributed by atoms with Gasteiger partial charge in [0.2, 0.25) is 0 Å². The number of benzene rings is 2. The minimum atomic E-state index is 0. The number of hydrogen-bond acceptors (Lipinski definition) is 0. The van der Waals surface area contributed by atoms with Crippen LogP contribution in [-0.4, -0.2) is 3.21 Å². The molecule has 0 radical (unpaired) electrons. The van der Waals surface area contributed by atoms with Gasteiger partial charge in [-0.2, -0.15) is 12.2 Å². The topological polar surface area (TPSA) is 0 Å². The summed E-state index contributed by atoms with van der Waals surface area (Å²) in [5.74, 6) is 0. The summed E-state index contributed by atoms with van der Waals surface area (Å²) in [6.07, 6.45) is 12.8. The maximum atomic E-state index is 3.19. The summed E-state index contributed by atoms with van der Waals surface area (Å²) < 4.78 is 1.42. The fourth-order valence-electron chi connectivity index (χ4n) is 2.68. The van der Waals surface area contributed by atoms with Crippen molar-refractivity contribution in [2.24, 2.45) is 0 Å². The van der Waals surface area contributed by atoms with Gasteiger partial charge in [-0.05, 0) is 0 Å². The fraction of sp³-hybridized carbons (Fsp3) is 0.222. The van der Waals surface area contributed by atoms with E-state index in [1.165, 1.54) is 60.9 Å². The SMILES string of the molecule is CC1=[C-]CC=C1C.CC1=[C-]CC=C1C.Cl.Cl.[Zr+2]=[C](c1ccccc1)c1ccccc1. The van der Waals surface area contributed by atoms with Crippen LogP contribution in [0.3, 0.4) is 0 Å². The van der Waals surface area contributed by atoms with E-state index in [2.05, 4.69) is 113 Å². The quantitative estimate of drug-likeness (QED) is 0.357. The van der Waals surface area contributed by atoms with Gasteiger partial charge in [0.25, 0.3) is 0 Å². The predicted molar refractivity (Wildman–Crippen MR) is 132 cm³/mol. The van der Waals surface area contributed by atoms with Crippen LogP contribution in [0.2, 0.25) is 0 Å². The first kappa shape index (κ1) is 28.7. The summed E-state index contributed by atoms with van der Waals surface area (Å²) in [5.41, 5.74) is 8.08. The van der Waals surface area contributed by atoms with Crippen LogP contribution in [0.1, 0.15) is 51.7 Å². The average Bonchev–Trinajstić information content (AvgIpc) is 3.30. The molecule has 0 amide bonds. The predicted octanol–water partition coefficient (Wildman–Crippen LogP) is 7.82. The van der Waals surface area contributed by atoms with Crippen LogP contribution in [0.15, 0.2) is 95.1 Å². The molecule has 0 heterocycles. The molecule has 4 rings (SSSR count). The van der Waals surface area contributed by atoms with Gasteiger partial charge in [0.1, 0.15) is 0 Å². The molecule has 2 aliphatic carbocycles. The molecule has 156 valence electrons. The van der Waals surface area contributed by atoms with Gasteiger partial charge in [0.15, 0.2) is 0 Å². The van der Waals surface area contributed by atoms with Gasteiger partial charge >= 0.3 is 99.2 Å². The van der Waals surface area contributed by atoms with Gasteiger partial charge in [-0.15, -0.1) is 51.5 Å². The number of allylic oxidation sites excluding steroid dienone is 8. The molecule has 30 heavy (non-hydrogen) atoms. The second-order valence-corrected chi connectivity index (χ2v) is 8.12. The van der Waals surface area contributed by atoms with Crippen molar-refractivity contribution in [2.45, 2.75) is 40.5 Å². The van der Waals surface area contributed by atoms with Crippen LogP contribution in [0, 0.1) is 12.2 Å². The third-order valence-electron chi connectivity index (χ3n) is 4.86. The summed E-state index contributed by atoms with van der Waals surface area (Å²) in [6, 6.07) is 21.1. The van der Waals surface area contributed by atoms with Crippen molar-refractivity contribution < 1.29 is 24.2 Å². The molecule has 0 unspecified atom stereocenters. The summed E-state index contributed by atoms with van der Waals surface area (Å²) in [5, 5.41) is 0. The van der Waals surface area contributed by atoms with Crippen molar-refractivity contribution in [3.8, 4) is 0 Å². The molecule has 0 nitrogen and oxygen atoms in total. The molecule has 0 N–H and O–H groups in total. The van der Waals surface area contributed by atoms with Crippen LogP contribution in [0.4, 0.5) is 0 Å². The first-order valence-corrected chi connectivity index (χ1v) is 10.9. The van der Waals surface area contributed by atoms with E-state index in [0.29, 0.717) is 0 Å². The van der Waals surface area contributed by atoms with Crippen LogP contribution < -0.4 is 0 Å². The Labute approximate surface area is 210 Å². The monoisotopic (exact) mass is 514 g/mol. The Morgan fingerprint density at radius 1 is 0.633 bits per heavy atom. The zero-order chi connectivity index (χ0) is 20.4. The van der Waals surface area contributed by atoms with Crippen LogP contribution >= 0.6 is 24.8 Å². The van der Waals surface area contributed by atoms with Crippen molar-refractivity contribution in [3.63, 3.8) is 0 Å². The average molecular weight is 517 g/mol. The Balaban J connectivity index is 0.000000448. The summed E-state index contributed by atoms with van der Waals surface area (Å²) in [7, 11) is 0. The molecular weight excluding hydrogens is 486 g/mol. The first-order valence-electron chi connectivity index (χ1n) is 9.67. The van der Waals surface area contributed by atoms with Gasteiger partial charge < -0.3 is 0 Å². The Morgan fingerprint density at radius 3 is 1.17 bits per heavy atom. The molecule has 0 spiro atoms. The van der Waals surface area contributed by atoms with Crippen molar-refractivity contribution in [1.82, 2.24) is 0 Å². The molecular formula is C27H30Cl2Zr. The molecule has 2 aromatic carbocycles. The molecule has 2 aliphatic rings. The molecule has 2 aromatic rings. The van der Waals surface area contributed by atoms with E-state index in [1.54, 1.807) is 0 Å². The molecule has 0 bridgehead atoms. The van der Waals surface area contributed by atoms with Gasteiger partial charge in [-0.25, -0.2) is 22.3 Å². The van der Waals surface area contributed by atoms with Crippen LogP contribution in [0.25, 0.3) is 0 Å². The van der Waals surface area contributed by atoms with Gasteiger partial charge in [-0.3, -0.25) is 12.2 Å². The van der Waals surface area contributed by atoms with Crippen LogP contribution in [0.5, 0.6) is 0 Å². The minimum absolute atomic E-state index is 0. The summed E-state index contributed by atoms with van der Waals surface area (Å²) in [4.78, 5) is 0. The first-order chi connectivity index (χ1) is 13.5.